The average Bonchev–Trinajstić information content (AvgIpc) is 2.42. The third kappa shape index (κ3) is 3.78. The Labute approximate surface area is 114 Å². The minimum absolute atomic E-state index is 0.276. The van der Waals surface area contributed by atoms with Crippen molar-refractivity contribution in [3.05, 3.63) is 29.8 Å². The van der Waals surface area contributed by atoms with Crippen molar-refractivity contribution in [1.29, 1.82) is 0 Å². The second kappa shape index (κ2) is 6.68. The first-order valence-corrected chi connectivity index (χ1v) is 6.94. The molecule has 4 nitrogen and oxygen atoms in total. The molecule has 0 amide bonds. The summed E-state index contributed by atoms with van der Waals surface area (Å²) < 4.78 is 5.07. The Morgan fingerprint density at radius 1 is 1.32 bits per heavy atom. The first-order chi connectivity index (χ1) is 9.20. The van der Waals surface area contributed by atoms with Crippen molar-refractivity contribution in [2.24, 2.45) is 0 Å². The quantitative estimate of drug-likeness (QED) is 0.665. The van der Waals surface area contributed by atoms with Crippen LogP contribution in [0.3, 0.4) is 0 Å². The van der Waals surface area contributed by atoms with Gasteiger partial charge >= 0.3 is 5.97 Å². The second-order valence-electron chi connectivity index (χ2n) is 4.87. The Balaban J connectivity index is 2.07. The predicted octanol–water partition coefficient (Wildman–Crippen LogP) is 1.97. The summed E-state index contributed by atoms with van der Waals surface area (Å²) in [5.41, 5.74) is 1.29. The van der Waals surface area contributed by atoms with Crippen LogP contribution >= 0.6 is 0 Å². The Kier molecular flexibility index (Phi) is 4.93. The molecule has 0 bridgehead atoms. The lowest BCUT2D eigenvalue weighted by Crippen LogP contribution is -2.45. The van der Waals surface area contributed by atoms with Crippen molar-refractivity contribution in [3.63, 3.8) is 0 Å². The Hall–Kier alpha value is -1.39. The van der Waals surface area contributed by atoms with Gasteiger partial charge in [0.1, 0.15) is 5.75 Å². The third-order valence-corrected chi connectivity index (χ3v) is 3.51. The lowest BCUT2D eigenvalue weighted by Gasteiger charge is -2.34. The van der Waals surface area contributed by atoms with Gasteiger partial charge in [-0.2, -0.15) is 0 Å². The summed E-state index contributed by atoms with van der Waals surface area (Å²) >= 11 is 0. The summed E-state index contributed by atoms with van der Waals surface area (Å²) in [7, 11) is 0. The lowest BCUT2D eigenvalue weighted by atomic mass is 10.0. The number of nitrogens with zero attached hydrogens (tertiary/aromatic N) is 1. The molecule has 0 radical (unpaired) electrons. The molecule has 1 aromatic carbocycles. The zero-order valence-electron chi connectivity index (χ0n) is 11.7. The Morgan fingerprint density at radius 2 is 1.95 bits per heavy atom. The Bertz CT molecular complexity index is 411. The molecule has 1 atom stereocenters. The smallest absolute Gasteiger partial charge is 0.308 e. The maximum Gasteiger partial charge on any atom is 0.308 e. The molecule has 1 N–H and O–H groups in total. The molecule has 19 heavy (non-hydrogen) atoms. The van der Waals surface area contributed by atoms with Crippen LogP contribution in [0.25, 0.3) is 0 Å². The van der Waals surface area contributed by atoms with Crippen LogP contribution in [0.4, 0.5) is 0 Å². The molecule has 2 rings (SSSR count). The van der Waals surface area contributed by atoms with Gasteiger partial charge in [-0.25, -0.2) is 0 Å². The van der Waals surface area contributed by atoms with Crippen molar-refractivity contribution in [3.8, 4) is 5.75 Å². The molecule has 1 fully saturated rings. The molecule has 0 unspecified atom stereocenters. The van der Waals surface area contributed by atoms with Gasteiger partial charge in [-0.3, -0.25) is 9.69 Å². The fourth-order valence-corrected chi connectivity index (χ4v) is 2.62. The van der Waals surface area contributed by atoms with E-state index in [1.807, 2.05) is 12.1 Å². The van der Waals surface area contributed by atoms with Gasteiger partial charge in [-0.1, -0.05) is 19.1 Å². The normalized spacial score (nSPS) is 18.0. The highest BCUT2D eigenvalue weighted by Crippen LogP contribution is 2.26. The fraction of sp³-hybridized carbons (Fsp3) is 0.533. The van der Waals surface area contributed by atoms with Gasteiger partial charge in [0.25, 0.3) is 0 Å². The van der Waals surface area contributed by atoms with Gasteiger partial charge < -0.3 is 10.1 Å². The molecule has 1 heterocycles. The van der Waals surface area contributed by atoms with Gasteiger partial charge in [0.2, 0.25) is 0 Å². The van der Waals surface area contributed by atoms with Gasteiger partial charge in [0.15, 0.2) is 0 Å². The van der Waals surface area contributed by atoms with E-state index >= 15 is 0 Å². The van der Waals surface area contributed by atoms with Crippen LogP contribution < -0.4 is 10.1 Å². The molecule has 0 aliphatic carbocycles. The monoisotopic (exact) mass is 262 g/mol. The number of hydrogen-bond donors (Lipinski definition) is 1. The SMILES string of the molecule is CC[C@H](c1ccc(OC(C)=O)cc1)N1CCNCC1. The van der Waals surface area contributed by atoms with Crippen LogP contribution in [0.1, 0.15) is 31.9 Å². The number of ether oxygens (including phenoxy) is 1. The summed E-state index contributed by atoms with van der Waals surface area (Å²) in [6.45, 7) is 7.93. The van der Waals surface area contributed by atoms with Crippen LogP contribution in [0.15, 0.2) is 24.3 Å². The molecule has 1 aromatic rings. The highest BCUT2D eigenvalue weighted by Gasteiger charge is 2.20. The molecule has 0 aromatic heterocycles. The van der Waals surface area contributed by atoms with Crippen molar-refractivity contribution in [2.75, 3.05) is 26.2 Å². The zero-order chi connectivity index (χ0) is 13.7. The number of carbonyl (C=O) groups excluding carboxylic acids is 1. The van der Waals surface area contributed by atoms with E-state index in [9.17, 15) is 4.79 Å². The number of carbonyl (C=O) groups is 1. The largest absolute Gasteiger partial charge is 0.427 e. The first-order valence-electron chi connectivity index (χ1n) is 6.94. The molecule has 1 saturated heterocycles. The van der Waals surface area contributed by atoms with Crippen LogP contribution in [-0.2, 0) is 4.79 Å². The summed E-state index contributed by atoms with van der Waals surface area (Å²) in [4.78, 5) is 13.4. The maximum atomic E-state index is 10.9. The van der Waals surface area contributed by atoms with E-state index in [0.717, 1.165) is 32.6 Å². The maximum absolute atomic E-state index is 10.9. The molecule has 0 spiro atoms. The van der Waals surface area contributed by atoms with E-state index in [4.69, 9.17) is 4.74 Å². The van der Waals surface area contributed by atoms with Gasteiger partial charge in [0.05, 0.1) is 0 Å². The molecule has 4 heteroatoms. The molecule has 0 saturated carbocycles. The van der Waals surface area contributed by atoms with Crippen molar-refractivity contribution in [1.82, 2.24) is 10.2 Å². The van der Waals surface area contributed by atoms with Crippen LogP contribution in [0.2, 0.25) is 0 Å². The van der Waals surface area contributed by atoms with Crippen LogP contribution in [0, 0.1) is 0 Å². The topological polar surface area (TPSA) is 41.6 Å². The number of nitrogens with one attached hydrogen (secondary N) is 1. The second-order valence-corrected chi connectivity index (χ2v) is 4.87. The lowest BCUT2D eigenvalue weighted by molar-refractivity contribution is -0.131. The van der Waals surface area contributed by atoms with E-state index in [2.05, 4.69) is 29.3 Å². The predicted molar refractivity (Wildman–Crippen MR) is 75.2 cm³/mol. The third-order valence-electron chi connectivity index (χ3n) is 3.51. The molecular weight excluding hydrogens is 240 g/mol. The standard InChI is InChI=1S/C15H22N2O2/c1-3-15(17-10-8-16-9-11-17)13-4-6-14(7-5-13)19-12(2)18/h4-7,15-16H,3,8-11H2,1-2H3/t15-/m1/s1. The fourth-order valence-electron chi connectivity index (χ4n) is 2.62. The molecule has 1 aliphatic heterocycles. The van der Waals surface area contributed by atoms with Crippen LogP contribution in [-0.4, -0.2) is 37.0 Å². The highest BCUT2D eigenvalue weighted by molar-refractivity contribution is 5.69. The van der Waals surface area contributed by atoms with Gasteiger partial charge in [-0.05, 0) is 24.1 Å². The van der Waals surface area contributed by atoms with Gasteiger partial charge in [0, 0.05) is 39.1 Å². The Morgan fingerprint density at radius 3 is 2.47 bits per heavy atom. The first kappa shape index (κ1) is 14.0. The molecule has 1 aliphatic rings. The number of rotatable bonds is 4. The van der Waals surface area contributed by atoms with E-state index in [0.29, 0.717) is 11.8 Å². The van der Waals surface area contributed by atoms with E-state index < -0.39 is 0 Å². The van der Waals surface area contributed by atoms with Crippen molar-refractivity contribution in [2.45, 2.75) is 26.3 Å². The summed E-state index contributed by atoms with van der Waals surface area (Å²) in [6, 6.07) is 8.33. The van der Waals surface area contributed by atoms with E-state index in [1.54, 1.807) is 0 Å². The zero-order valence-corrected chi connectivity index (χ0v) is 11.7. The summed E-state index contributed by atoms with van der Waals surface area (Å²) in [5.74, 6) is 0.341. The number of hydrogen-bond acceptors (Lipinski definition) is 4. The molecular formula is C15H22N2O2. The van der Waals surface area contributed by atoms with E-state index in [1.165, 1.54) is 12.5 Å². The van der Waals surface area contributed by atoms with Gasteiger partial charge in [-0.15, -0.1) is 0 Å². The average molecular weight is 262 g/mol. The number of benzene rings is 1. The van der Waals surface area contributed by atoms with E-state index in [-0.39, 0.29) is 5.97 Å². The van der Waals surface area contributed by atoms with Crippen LogP contribution in [0.5, 0.6) is 5.75 Å². The number of esters is 1. The minimum Gasteiger partial charge on any atom is -0.427 e. The number of piperazine rings is 1. The summed E-state index contributed by atoms with van der Waals surface area (Å²) in [6.07, 6.45) is 1.09. The highest BCUT2D eigenvalue weighted by atomic mass is 16.5. The van der Waals surface area contributed by atoms with Crippen molar-refractivity contribution >= 4 is 5.97 Å². The van der Waals surface area contributed by atoms with Crippen molar-refractivity contribution < 1.29 is 9.53 Å². The summed E-state index contributed by atoms with van der Waals surface area (Å²) in [5, 5.41) is 3.38. The minimum atomic E-state index is -0.276. The molecule has 104 valence electrons.